The second-order valence-electron chi connectivity index (χ2n) is 5.69. The highest BCUT2D eigenvalue weighted by Crippen LogP contribution is 2.21. The Morgan fingerprint density at radius 1 is 1.33 bits per heavy atom. The van der Waals surface area contributed by atoms with Crippen LogP contribution in [0.1, 0.15) is 24.2 Å². The molecule has 0 saturated carbocycles. The molecule has 4 heteroatoms. The molecule has 1 aromatic carbocycles. The van der Waals surface area contributed by atoms with Gasteiger partial charge in [-0.1, -0.05) is 32.0 Å². The molecule has 0 fully saturated rings. The van der Waals surface area contributed by atoms with Crippen molar-refractivity contribution < 1.29 is 13.9 Å². The predicted molar refractivity (Wildman–Crippen MR) is 83.7 cm³/mol. The van der Waals surface area contributed by atoms with Crippen LogP contribution in [0, 0.1) is 5.92 Å². The van der Waals surface area contributed by atoms with E-state index >= 15 is 0 Å². The number of ketones is 1. The Labute approximate surface area is 125 Å². The first-order valence-electron chi connectivity index (χ1n) is 7.32. The highest BCUT2D eigenvalue weighted by atomic mass is 16.5. The van der Waals surface area contributed by atoms with E-state index in [1.165, 1.54) is 0 Å². The third-order valence-corrected chi connectivity index (χ3v) is 3.38. The zero-order chi connectivity index (χ0) is 15.2. The van der Waals surface area contributed by atoms with Crippen molar-refractivity contribution in [2.45, 2.75) is 13.8 Å². The van der Waals surface area contributed by atoms with Crippen molar-refractivity contribution in [2.75, 3.05) is 33.4 Å². The molecule has 0 radical (unpaired) electrons. The molecule has 0 spiro atoms. The molecule has 1 aromatic heterocycles. The molecule has 0 N–H and O–H groups in total. The highest BCUT2D eigenvalue weighted by molar-refractivity contribution is 6.08. The molecule has 1 heterocycles. The van der Waals surface area contributed by atoms with Crippen LogP contribution >= 0.6 is 0 Å². The van der Waals surface area contributed by atoms with Crippen LogP contribution in [0.15, 0.2) is 34.9 Å². The van der Waals surface area contributed by atoms with Crippen molar-refractivity contribution in [3.05, 3.63) is 36.1 Å². The number of ether oxygens (including phenoxy) is 1. The molecule has 21 heavy (non-hydrogen) atoms. The molecule has 0 aliphatic rings. The monoisotopic (exact) mass is 289 g/mol. The fourth-order valence-corrected chi connectivity index (χ4v) is 2.45. The van der Waals surface area contributed by atoms with Crippen LogP contribution < -0.4 is 0 Å². The fourth-order valence-electron chi connectivity index (χ4n) is 2.45. The first kappa shape index (κ1) is 15.7. The van der Waals surface area contributed by atoms with Crippen LogP contribution in [0.4, 0.5) is 0 Å². The summed E-state index contributed by atoms with van der Waals surface area (Å²) < 4.78 is 10.6. The minimum absolute atomic E-state index is 0.0942. The van der Waals surface area contributed by atoms with Gasteiger partial charge in [-0.25, -0.2) is 0 Å². The predicted octanol–water partition coefficient (Wildman–Crippen LogP) is 3.22. The number of rotatable bonds is 8. The van der Waals surface area contributed by atoms with Gasteiger partial charge in [-0.2, -0.15) is 0 Å². The smallest absolute Gasteiger partial charge is 0.180 e. The van der Waals surface area contributed by atoms with Gasteiger partial charge in [-0.05, 0) is 12.0 Å². The van der Waals surface area contributed by atoms with E-state index < -0.39 is 0 Å². The van der Waals surface area contributed by atoms with E-state index in [0.717, 1.165) is 24.1 Å². The second-order valence-corrected chi connectivity index (χ2v) is 5.69. The van der Waals surface area contributed by atoms with Gasteiger partial charge in [0, 0.05) is 25.6 Å². The molecule has 0 saturated heterocycles. The Hall–Kier alpha value is -1.65. The first-order valence-corrected chi connectivity index (χ1v) is 7.32. The van der Waals surface area contributed by atoms with Crippen LogP contribution in [0.2, 0.25) is 0 Å². The molecule has 0 atom stereocenters. The number of para-hydroxylation sites is 1. The molecule has 0 aliphatic carbocycles. The Morgan fingerprint density at radius 3 is 2.81 bits per heavy atom. The van der Waals surface area contributed by atoms with Crippen LogP contribution in [0.5, 0.6) is 0 Å². The highest BCUT2D eigenvalue weighted by Gasteiger charge is 2.17. The summed E-state index contributed by atoms with van der Waals surface area (Å²) in [6, 6.07) is 7.63. The lowest BCUT2D eigenvalue weighted by Crippen LogP contribution is -2.35. The number of carbonyl (C=O) groups is 1. The molecule has 4 nitrogen and oxygen atoms in total. The summed E-state index contributed by atoms with van der Waals surface area (Å²) in [6.45, 7) is 6.97. The van der Waals surface area contributed by atoms with Crippen LogP contribution in [-0.2, 0) is 4.74 Å². The van der Waals surface area contributed by atoms with Crippen molar-refractivity contribution in [1.82, 2.24) is 4.90 Å². The van der Waals surface area contributed by atoms with Gasteiger partial charge in [0.1, 0.15) is 11.8 Å². The summed E-state index contributed by atoms with van der Waals surface area (Å²) in [5, 5.41) is 0.888. The summed E-state index contributed by atoms with van der Waals surface area (Å²) >= 11 is 0. The van der Waals surface area contributed by atoms with Gasteiger partial charge in [-0.15, -0.1) is 0 Å². The van der Waals surface area contributed by atoms with E-state index in [1.54, 1.807) is 13.4 Å². The standard InChI is InChI=1S/C17H23NO3/c1-13(2)10-18(8-9-20-3)11-16(19)15-12-21-17-7-5-4-6-14(15)17/h4-7,12-13H,8-11H2,1-3H3. The number of carbonyl (C=O) groups excluding carboxylic acids is 1. The van der Waals surface area contributed by atoms with E-state index in [2.05, 4.69) is 18.7 Å². The Kier molecular flexibility index (Phi) is 5.53. The van der Waals surface area contributed by atoms with Gasteiger partial charge >= 0.3 is 0 Å². The number of nitrogens with zero attached hydrogens (tertiary/aromatic N) is 1. The number of benzene rings is 1. The zero-order valence-electron chi connectivity index (χ0n) is 13.0. The van der Waals surface area contributed by atoms with Gasteiger partial charge < -0.3 is 9.15 Å². The van der Waals surface area contributed by atoms with Crippen molar-refractivity contribution >= 4 is 16.8 Å². The molecule has 114 valence electrons. The van der Waals surface area contributed by atoms with Crippen LogP contribution in [-0.4, -0.2) is 44.0 Å². The van der Waals surface area contributed by atoms with E-state index in [4.69, 9.17) is 9.15 Å². The third kappa shape index (κ3) is 4.16. The lowest BCUT2D eigenvalue weighted by molar-refractivity contribution is 0.0882. The Morgan fingerprint density at radius 2 is 2.10 bits per heavy atom. The molecule has 2 rings (SSSR count). The Bertz CT molecular complexity index is 588. The van der Waals surface area contributed by atoms with E-state index in [9.17, 15) is 4.79 Å². The quantitative estimate of drug-likeness (QED) is 0.700. The molecule has 0 amide bonds. The van der Waals surface area contributed by atoms with Crippen molar-refractivity contribution in [1.29, 1.82) is 0 Å². The number of fused-ring (bicyclic) bond motifs is 1. The summed E-state index contributed by atoms with van der Waals surface area (Å²) in [4.78, 5) is 14.7. The summed E-state index contributed by atoms with van der Waals surface area (Å²) in [5.41, 5.74) is 1.42. The molecule has 0 unspecified atom stereocenters. The Balaban J connectivity index is 2.10. The lowest BCUT2D eigenvalue weighted by atomic mass is 10.1. The van der Waals surface area contributed by atoms with Crippen molar-refractivity contribution in [2.24, 2.45) is 5.92 Å². The first-order chi connectivity index (χ1) is 10.1. The third-order valence-electron chi connectivity index (χ3n) is 3.38. The van der Waals surface area contributed by atoms with E-state index in [1.807, 2.05) is 24.3 Å². The van der Waals surface area contributed by atoms with Gasteiger partial charge in [0.25, 0.3) is 0 Å². The SMILES string of the molecule is COCCN(CC(=O)c1coc2ccccc12)CC(C)C. The van der Waals surface area contributed by atoms with Crippen LogP contribution in [0.3, 0.4) is 0 Å². The van der Waals surface area contributed by atoms with E-state index in [-0.39, 0.29) is 5.78 Å². The number of Topliss-reactive ketones (excluding diaryl/α,β-unsaturated/α-hetero) is 1. The van der Waals surface area contributed by atoms with E-state index in [0.29, 0.717) is 24.6 Å². The fraction of sp³-hybridized carbons (Fsp3) is 0.471. The average Bonchev–Trinajstić information content (AvgIpc) is 2.88. The molecular formula is C17H23NO3. The summed E-state index contributed by atoms with van der Waals surface area (Å²) in [6.07, 6.45) is 1.57. The minimum Gasteiger partial charge on any atom is -0.464 e. The zero-order valence-corrected chi connectivity index (χ0v) is 13.0. The minimum atomic E-state index is 0.0942. The van der Waals surface area contributed by atoms with Gasteiger partial charge in [0.15, 0.2) is 5.78 Å². The van der Waals surface area contributed by atoms with Gasteiger partial charge in [0.05, 0.1) is 18.7 Å². The van der Waals surface area contributed by atoms with Crippen molar-refractivity contribution in [3.8, 4) is 0 Å². The molecule has 2 aromatic rings. The number of furan rings is 1. The van der Waals surface area contributed by atoms with Crippen molar-refractivity contribution in [3.63, 3.8) is 0 Å². The second kappa shape index (κ2) is 7.38. The average molecular weight is 289 g/mol. The summed E-state index contributed by atoms with van der Waals surface area (Å²) in [5.74, 6) is 0.604. The number of hydrogen-bond donors (Lipinski definition) is 0. The van der Waals surface area contributed by atoms with Gasteiger partial charge in [0.2, 0.25) is 0 Å². The maximum absolute atomic E-state index is 12.5. The summed E-state index contributed by atoms with van der Waals surface area (Å²) in [7, 11) is 1.68. The number of hydrogen-bond acceptors (Lipinski definition) is 4. The largest absolute Gasteiger partial charge is 0.464 e. The van der Waals surface area contributed by atoms with Crippen LogP contribution in [0.25, 0.3) is 11.0 Å². The molecule has 0 aliphatic heterocycles. The van der Waals surface area contributed by atoms with Gasteiger partial charge in [-0.3, -0.25) is 9.69 Å². The maximum Gasteiger partial charge on any atom is 0.180 e. The topological polar surface area (TPSA) is 42.7 Å². The maximum atomic E-state index is 12.5. The lowest BCUT2D eigenvalue weighted by Gasteiger charge is -2.22. The molecule has 0 bridgehead atoms. The molecular weight excluding hydrogens is 266 g/mol. The normalized spacial score (nSPS) is 11.7. The number of methoxy groups -OCH3 is 1.